The summed E-state index contributed by atoms with van der Waals surface area (Å²) in [6.45, 7) is 0. The first-order valence-corrected chi connectivity index (χ1v) is 5.89. The average molecular weight is 273 g/mol. The molecule has 0 atom stereocenters. The number of aromatic nitrogens is 1. The number of nitrogen functional groups attached to an aromatic ring is 1. The third-order valence-corrected chi connectivity index (χ3v) is 2.71. The molecule has 1 amide bonds. The number of rotatable bonds is 4. The van der Waals surface area contributed by atoms with Crippen LogP contribution in [0.2, 0.25) is 0 Å². The van der Waals surface area contributed by atoms with Crippen LogP contribution in [0.3, 0.4) is 0 Å². The Morgan fingerprint density at radius 1 is 1.20 bits per heavy atom. The van der Waals surface area contributed by atoms with E-state index in [0.29, 0.717) is 28.6 Å². The summed E-state index contributed by atoms with van der Waals surface area (Å²) in [6, 6.07) is 8.31. The first kappa shape index (κ1) is 13.7. The summed E-state index contributed by atoms with van der Waals surface area (Å²) >= 11 is 0. The normalized spacial score (nSPS) is 9.90. The molecule has 0 radical (unpaired) electrons. The number of carbonyl (C=O) groups is 1. The second-order valence-electron chi connectivity index (χ2n) is 3.96. The molecule has 0 saturated carbocycles. The lowest BCUT2D eigenvalue weighted by molar-refractivity contribution is 0.102. The lowest BCUT2D eigenvalue weighted by Crippen LogP contribution is -2.15. The zero-order valence-electron chi connectivity index (χ0n) is 11.2. The number of hydrogen-bond donors (Lipinski definition) is 2. The van der Waals surface area contributed by atoms with Crippen molar-refractivity contribution in [2.75, 3.05) is 25.3 Å². The van der Waals surface area contributed by atoms with Crippen LogP contribution < -0.4 is 20.5 Å². The van der Waals surface area contributed by atoms with Crippen molar-refractivity contribution in [1.29, 1.82) is 0 Å². The summed E-state index contributed by atoms with van der Waals surface area (Å²) in [5, 5.41) is 2.66. The van der Waals surface area contributed by atoms with Crippen LogP contribution in [0.25, 0.3) is 0 Å². The number of nitrogens with zero attached hydrogens (tertiary/aromatic N) is 1. The smallest absolute Gasteiger partial charge is 0.259 e. The van der Waals surface area contributed by atoms with Crippen LogP contribution in [-0.2, 0) is 0 Å². The van der Waals surface area contributed by atoms with Gasteiger partial charge in [-0.05, 0) is 18.2 Å². The molecule has 104 valence electrons. The number of ether oxygens (including phenoxy) is 2. The maximum atomic E-state index is 12.2. The molecule has 0 unspecified atom stereocenters. The molecule has 0 fully saturated rings. The Kier molecular flexibility index (Phi) is 4.05. The Morgan fingerprint density at radius 2 is 1.90 bits per heavy atom. The number of amides is 1. The summed E-state index contributed by atoms with van der Waals surface area (Å²) in [7, 11) is 3.00. The van der Waals surface area contributed by atoms with E-state index >= 15 is 0 Å². The van der Waals surface area contributed by atoms with Gasteiger partial charge in [0, 0.05) is 18.0 Å². The fourth-order valence-corrected chi connectivity index (χ4v) is 1.71. The minimum atomic E-state index is -0.359. The van der Waals surface area contributed by atoms with Gasteiger partial charge >= 0.3 is 0 Å². The minimum Gasteiger partial charge on any atom is -0.493 e. The maximum absolute atomic E-state index is 12.2. The fourth-order valence-electron chi connectivity index (χ4n) is 1.71. The van der Waals surface area contributed by atoms with Gasteiger partial charge in [0.25, 0.3) is 5.91 Å². The van der Waals surface area contributed by atoms with Crippen LogP contribution in [0.1, 0.15) is 10.4 Å². The van der Waals surface area contributed by atoms with Gasteiger partial charge in [0.2, 0.25) is 0 Å². The molecule has 0 bridgehead atoms. The number of pyridine rings is 1. The van der Waals surface area contributed by atoms with Gasteiger partial charge in [-0.25, -0.2) is 4.98 Å². The van der Waals surface area contributed by atoms with Gasteiger partial charge in [-0.1, -0.05) is 6.07 Å². The van der Waals surface area contributed by atoms with Crippen molar-refractivity contribution in [3.05, 3.63) is 42.1 Å². The number of hydrogen-bond acceptors (Lipinski definition) is 5. The predicted molar refractivity (Wildman–Crippen MR) is 76.1 cm³/mol. The van der Waals surface area contributed by atoms with Crippen molar-refractivity contribution < 1.29 is 14.3 Å². The topological polar surface area (TPSA) is 86.5 Å². The van der Waals surface area contributed by atoms with Gasteiger partial charge in [0.05, 0.1) is 19.8 Å². The lowest BCUT2D eigenvalue weighted by Gasteiger charge is -2.12. The quantitative estimate of drug-likeness (QED) is 0.831. The highest BCUT2D eigenvalue weighted by atomic mass is 16.5. The third kappa shape index (κ3) is 2.80. The van der Waals surface area contributed by atoms with Crippen LogP contribution in [0.15, 0.2) is 36.5 Å². The molecule has 0 spiro atoms. The Labute approximate surface area is 116 Å². The van der Waals surface area contributed by atoms with Gasteiger partial charge in [0.15, 0.2) is 11.5 Å². The third-order valence-electron chi connectivity index (χ3n) is 2.71. The van der Waals surface area contributed by atoms with Crippen LogP contribution in [0.4, 0.5) is 11.5 Å². The van der Waals surface area contributed by atoms with E-state index in [1.807, 2.05) is 0 Å². The molecular formula is C14H15N3O3. The second-order valence-corrected chi connectivity index (χ2v) is 3.96. The molecule has 20 heavy (non-hydrogen) atoms. The van der Waals surface area contributed by atoms with E-state index in [1.54, 1.807) is 30.5 Å². The lowest BCUT2D eigenvalue weighted by atomic mass is 10.1. The molecule has 6 heteroatoms. The summed E-state index contributed by atoms with van der Waals surface area (Å²) in [4.78, 5) is 16.2. The van der Waals surface area contributed by atoms with Crippen LogP contribution in [-0.4, -0.2) is 25.1 Å². The molecule has 1 aromatic carbocycles. The maximum Gasteiger partial charge on any atom is 0.259 e. The van der Waals surface area contributed by atoms with Crippen molar-refractivity contribution in [3.8, 4) is 11.5 Å². The van der Waals surface area contributed by atoms with Gasteiger partial charge in [0.1, 0.15) is 5.82 Å². The first-order valence-electron chi connectivity index (χ1n) is 5.89. The van der Waals surface area contributed by atoms with E-state index in [0.717, 1.165) is 0 Å². The number of benzene rings is 1. The Hall–Kier alpha value is -2.76. The van der Waals surface area contributed by atoms with Crippen molar-refractivity contribution >= 4 is 17.4 Å². The molecule has 3 N–H and O–H groups in total. The molecule has 1 aromatic heterocycles. The predicted octanol–water partition coefficient (Wildman–Crippen LogP) is 1.93. The Balaban J connectivity index is 2.30. The number of nitrogens with two attached hydrogens (primary N) is 1. The minimum absolute atomic E-state index is 0.299. The number of carbonyl (C=O) groups excluding carboxylic acids is 1. The highest BCUT2D eigenvalue weighted by molar-refractivity contribution is 6.07. The molecule has 1 heterocycles. The Bertz CT molecular complexity index is 615. The van der Waals surface area contributed by atoms with Gasteiger partial charge < -0.3 is 20.5 Å². The van der Waals surface area contributed by atoms with Crippen molar-refractivity contribution in [3.63, 3.8) is 0 Å². The Morgan fingerprint density at radius 3 is 2.50 bits per heavy atom. The monoisotopic (exact) mass is 273 g/mol. The molecule has 2 rings (SSSR count). The fraction of sp³-hybridized carbons (Fsp3) is 0.143. The molecule has 0 saturated heterocycles. The van der Waals surface area contributed by atoms with Gasteiger partial charge in [-0.2, -0.15) is 0 Å². The highest BCUT2D eigenvalue weighted by Gasteiger charge is 2.15. The number of nitrogens with one attached hydrogen (secondary N) is 1. The number of methoxy groups -OCH3 is 2. The van der Waals surface area contributed by atoms with Crippen LogP contribution in [0, 0.1) is 0 Å². The highest BCUT2D eigenvalue weighted by Crippen LogP contribution is 2.32. The average Bonchev–Trinajstić information content (AvgIpc) is 2.47. The first-order chi connectivity index (χ1) is 9.65. The molecule has 0 aliphatic heterocycles. The van der Waals surface area contributed by atoms with E-state index in [9.17, 15) is 4.79 Å². The van der Waals surface area contributed by atoms with Crippen LogP contribution in [0.5, 0.6) is 11.5 Å². The second kappa shape index (κ2) is 5.92. The SMILES string of the molecule is COc1cc(N)c(C(=O)Nc2ccccn2)cc1OC. The van der Waals surface area contributed by atoms with E-state index in [-0.39, 0.29) is 5.91 Å². The molecule has 6 nitrogen and oxygen atoms in total. The summed E-state index contributed by atoms with van der Waals surface area (Å²) in [6.07, 6.45) is 1.59. The van der Waals surface area contributed by atoms with Gasteiger partial charge in [-0.3, -0.25) is 4.79 Å². The van der Waals surface area contributed by atoms with Crippen LogP contribution >= 0.6 is 0 Å². The zero-order valence-corrected chi connectivity index (χ0v) is 11.2. The number of anilines is 2. The van der Waals surface area contributed by atoms with Crippen molar-refractivity contribution in [2.24, 2.45) is 0 Å². The summed E-state index contributed by atoms with van der Waals surface area (Å²) < 4.78 is 10.3. The van der Waals surface area contributed by atoms with E-state index < -0.39 is 0 Å². The zero-order chi connectivity index (χ0) is 14.5. The largest absolute Gasteiger partial charge is 0.493 e. The van der Waals surface area contributed by atoms with Crippen molar-refractivity contribution in [2.45, 2.75) is 0 Å². The van der Waals surface area contributed by atoms with E-state index in [4.69, 9.17) is 15.2 Å². The summed E-state index contributed by atoms with van der Waals surface area (Å²) in [5.74, 6) is 1.00. The van der Waals surface area contributed by atoms with E-state index in [1.165, 1.54) is 20.3 Å². The summed E-state index contributed by atoms with van der Waals surface area (Å²) in [5.41, 5.74) is 6.46. The molecule has 0 aliphatic carbocycles. The van der Waals surface area contributed by atoms with E-state index in [2.05, 4.69) is 10.3 Å². The molecule has 0 aliphatic rings. The van der Waals surface area contributed by atoms with Crippen molar-refractivity contribution in [1.82, 2.24) is 4.98 Å². The molecule has 2 aromatic rings. The van der Waals surface area contributed by atoms with Gasteiger partial charge in [-0.15, -0.1) is 0 Å². The molecular weight excluding hydrogens is 258 g/mol. The standard InChI is InChI=1S/C14H15N3O3/c1-19-11-7-9(10(15)8-12(11)20-2)14(18)17-13-5-3-4-6-16-13/h3-8H,15H2,1-2H3,(H,16,17,18).